The molecular weight excluding hydrogens is 366 g/mol. The molecule has 0 radical (unpaired) electrons. The van der Waals surface area contributed by atoms with Crippen LogP contribution in [-0.4, -0.2) is 73.7 Å². The van der Waals surface area contributed by atoms with Crippen molar-refractivity contribution < 1.29 is 24.0 Å². The maximum absolute atomic E-state index is 12.2. The molecule has 3 heterocycles. The fraction of sp³-hybridized carbons (Fsp3) is 0.778. The van der Waals surface area contributed by atoms with Crippen molar-refractivity contribution in [3.8, 4) is 0 Å². The molecule has 2 fully saturated rings. The van der Waals surface area contributed by atoms with Crippen LogP contribution in [0.15, 0.2) is 4.42 Å². The monoisotopic (exact) mass is 395 g/mol. The van der Waals surface area contributed by atoms with Gasteiger partial charge in [-0.3, -0.25) is 5.21 Å². The molecule has 0 spiro atoms. The lowest BCUT2D eigenvalue weighted by molar-refractivity contribution is -0.0538. The third kappa shape index (κ3) is 4.21. The Bertz CT molecular complexity index is 724. The molecule has 0 bridgehead atoms. The van der Waals surface area contributed by atoms with Gasteiger partial charge in [0.15, 0.2) is 0 Å². The average Bonchev–Trinajstić information content (AvgIpc) is 3.11. The van der Waals surface area contributed by atoms with Crippen molar-refractivity contribution >= 4 is 12.1 Å². The van der Waals surface area contributed by atoms with Crippen LogP contribution in [0.3, 0.4) is 0 Å². The van der Waals surface area contributed by atoms with E-state index in [9.17, 15) is 14.8 Å². The minimum Gasteiger partial charge on any atom is -0.444 e. The van der Waals surface area contributed by atoms with Crippen LogP contribution in [-0.2, 0) is 11.2 Å². The number of likely N-dealkylation sites (tertiary alicyclic amines) is 1. The highest BCUT2D eigenvalue weighted by Gasteiger charge is 2.40. The summed E-state index contributed by atoms with van der Waals surface area (Å²) in [6.07, 6.45) is 0.861. The number of nitrogens with zero attached hydrogens (tertiary/aromatic N) is 5. The van der Waals surface area contributed by atoms with Crippen LogP contribution in [0.25, 0.3) is 0 Å². The molecule has 3 rings (SSSR count). The SMILES string of the molecule is CCC(c1nnc(CC2CN(C(=O)OC(C)(C)C)C2)o1)N1CC(C)N(O)C1=O. The molecule has 3 amide bonds. The summed E-state index contributed by atoms with van der Waals surface area (Å²) in [6.45, 7) is 10.8. The summed E-state index contributed by atoms with van der Waals surface area (Å²) in [5.41, 5.74) is -0.507. The van der Waals surface area contributed by atoms with E-state index < -0.39 is 11.6 Å². The molecule has 2 aliphatic heterocycles. The van der Waals surface area contributed by atoms with E-state index in [-0.39, 0.29) is 24.1 Å². The summed E-state index contributed by atoms with van der Waals surface area (Å²) in [7, 11) is 0. The van der Waals surface area contributed by atoms with E-state index in [4.69, 9.17) is 9.15 Å². The lowest BCUT2D eigenvalue weighted by atomic mass is 9.97. The van der Waals surface area contributed by atoms with Gasteiger partial charge in [-0.2, -0.15) is 0 Å². The Hall–Kier alpha value is -2.36. The molecule has 1 aromatic rings. The molecule has 1 N–H and O–H groups in total. The number of hydrogen-bond acceptors (Lipinski definition) is 7. The number of carbonyl (C=O) groups excluding carboxylic acids is 2. The van der Waals surface area contributed by atoms with Crippen LogP contribution in [0.1, 0.15) is 58.9 Å². The minimum atomic E-state index is -0.507. The smallest absolute Gasteiger partial charge is 0.410 e. The number of hydrogen-bond donors (Lipinski definition) is 1. The van der Waals surface area contributed by atoms with Crippen molar-refractivity contribution in [2.45, 2.75) is 65.1 Å². The average molecular weight is 395 g/mol. The predicted octanol–water partition coefficient (Wildman–Crippen LogP) is 2.45. The lowest BCUT2D eigenvalue weighted by Crippen LogP contribution is -2.52. The van der Waals surface area contributed by atoms with Gasteiger partial charge in [0.25, 0.3) is 0 Å². The van der Waals surface area contributed by atoms with Crippen LogP contribution in [0.5, 0.6) is 0 Å². The summed E-state index contributed by atoms with van der Waals surface area (Å²) in [6, 6.07) is -1.10. The fourth-order valence-corrected chi connectivity index (χ4v) is 3.45. The van der Waals surface area contributed by atoms with Crippen molar-refractivity contribution in [3.05, 3.63) is 11.8 Å². The summed E-state index contributed by atoms with van der Waals surface area (Å²) in [5.74, 6) is 1.10. The first-order valence-corrected chi connectivity index (χ1v) is 9.68. The first-order chi connectivity index (χ1) is 13.1. The topological polar surface area (TPSA) is 112 Å². The quantitative estimate of drug-likeness (QED) is 0.762. The summed E-state index contributed by atoms with van der Waals surface area (Å²) in [4.78, 5) is 27.4. The minimum absolute atomic E-state index is 0.238. The van der Waals surface area contributed by atoms with Gasteiger partial charge in [0, 0.05) is 32.0 Å². The molecule has 2 unspecified atom stereocenters. The Kier molecular flexibility index (Phi) is 5.51. The van der Waals surface area contributed by atoms with Gasteiger partial charge in [-0.1, -0.05) is 6.92 Å². The molecule has 10 nitrogen and oxygen atoms in total. The molecule has 0 aliphatic carbocycles. The standard InChI is InChI=1S/C18H29N5O5/c1-6-13(22-8-11(2)23(26)16(22)24)15-20-19-14(27-15)7-12-9-21(10-12)17(25)28-18(3,4)5/h11-13,26H,6-10H2,1-5H3. The van der Waals surface area contributed by atoms with Crippen molar-refractivity contribution in [3.63, 3.8) is 0 Å². The zero-order valence-corrected chi connectivity index (χ0v) is 17.1. The zero-order valence-electron chi connectivity index (χ0n) is 17.1. The second kappa shape index (κ2) is 7.57. The largest absolute Gasteiger partial charge is 0.444 e. The van der Waals surface area contributed by atoms with Gasteiger partial charge >= 0.3 is 12.1 Å². The molecule has 2 saturated heterocycles. The van der Waals surface area contributed by atoms with Gasteiger partial charge in [0.2, 0.25) is 11.8 Å². The Morgan fingerprint density at radius 3 is 2.54 bits per heavy atom. The third-order valence-corrected chi connectivity index (χ3v) is 4.92. The highest BCUT2D eigenvalue weighted by Crippen LogP contribution is 2.30. The van der Waals surface area contributed by atoms with E-state index in [1.54, 1.807) is 16.7 Å². The Morgan fingerprint density at radius 2 is 2.00 bits per heavy atom. The fourth-order valence-electron chi connectivity index (χ4n) is 3.45. The van der Waals surface area contributed by atoms with E-state index >= 15 is 0 Å². The Labute approximate surface area is 164 Å². The van der Waals surface area contributed by atoms with Gasteiger partial charge < -0.3 is 19.0 Å². The molecule has 2 aliphatic rings. The van der Waals surface area contributed by atoms with E-state index in [0.29, 0.717) is 44.3 Å². The first kappa shape index (κ1) is 20.4. The Morgan fingerprint density at radius 1 is 1.32 bits per heavy atom. The number of aromatic nitrogens is 2. The molecule has 28 heavy (non-hydrogen) atoms. The lowest BCUT2D eigenvalue weighted by Gasteiger charge is -2.39. The van der Waals surface area contributed by atoms with Crippen molar-refractivity contribution in [1.29, 1.82) is 0 Å². The van der Waals surface area contributed by atoms with Crippen LogP contribution >= 0.6 is 0 Å². The van der Waals surface area contributed by atoms with E-state index in [1.165, 1.54) is 0 Å². The number of amides is 3. The van der Waals surface area contributed by atoms with Crippen LogP contribution in [0, 0.1) is 5.92 Å². The van der Waals surface area contributed by atoms with Gasteiger partial charge in [0.05, 0.1) is 6.04 Å². The molecule has 0 aromatic carbocycles. The summed E-state index contributed by atoms with van der Waals surface area (Å²) < 4.78 is 11.1. The van der Waals surface area contributed by atoms with E-state index in [2.05, 4.69) is 10.2 Å². The number of carbonyl (C=O) groups is 2. The van der Waals surface area contributed by atoms with E-state index in [0.717, 1.165) is 5.06 Å². The van der Waals surface area contributed by atoms with Gasteiger partial charge in [0.1, 0.15) is 11.6 Å². The number of hydroxylamine groups is 2. The summed E-state index contributed by atoms with van der Waals surface area (Å²) in [5, 5.41) is 18.7. The van der Waals surface area contributed by atoms with Crippen molar-refractivity contribution in [1.82, 2.24) is 25.1 Å². The molecule has 0 saturated carbocycles. The third-order valence-electron chi connectivity index (χ3n) is 4.92. The van der Waals surface area contributed by atoms with Crippen LogP contribution in [0.2, 0.25) is 0 Å². The van der Waals surface area contributed by atoms with Gasteiger partial charge in [-0.15, -0.1) is 10.2 Å². The van der Waals surface area contributed by atoms with Crippen LogP contribution in [0.4, 0.5) is 9.59 Å². The zero-order chi connectivity index (χ0) is 20.6. The molecular formula is C18H29N5O5. The molecule has 10 heteroatoms. The highest BCUT2D eigenvalue weighted by atomic mass is 16.6. The van der Waals surface area contributed by atoms with Gasteiger partial charge in [-0.25, -0.2) is 14.7 Å². The second-order valence-electron chi connectivity index (χ2n) is 8.54. The Balaban J connectivity index is 1.55. The van der Waals surface area contributed by atoms with Crippen LogP contribution < -0.4 is 0 Å². The van der Waals surface area contributed by atoms with Gasteiger partial charge in [-0.05, 0) is 34.1 Å². The molecule has 2 atom stereocenters. The van der Waals surface area contributed by atoms with Crippen molar-refractivity contribution in [2.24, 2.45) is 5.92 Å². The van der Waals surface area contributed by atoms with Crippen molar-refractivity contribution in [2.75, 3.05) is 19.6 Å². The first-order valence-electron chi connectivity index (χ1n) is 9.68. The maximum Gasteiger partial charge on any atom is 0.410 e. The number of ether oxygens (including phenoxy) is 1. The highest BCUT2D eigenvalue weighted by molar-refractivity contribution is 5.76. The number of rotatable bonds is 5. The second-order valence-corrected chi connectivity index (χ2v) is 8.54. The van der Waals surface area contributed by atoms with E-state index in [1.807, 2.05) is 27.7 Å². The maximum atomic E-state index is 12.2. The molecule has 1 aromatic heterocycles. The predicted molar refractivity (Wildman–Crippen MR) is 97.5 cm³/mol. The normalized spacial score (nSPS) is 21.9. The molecule has 156 valence electrons. The number of urea groups is 1. The summed E-state index contributed by atoms with van der Waals surface area (Å²) >= 11 is 0.